The Morgan fingerprint density at radius 3 is 2.57 bits per heavy atom. The Morgan fingerprint density at radius 2 is 2.00 bits per heavy atom. The van der Waals surface area contributed by atoms with Gasteiger partial charge in [0, 0.05) is 29.9 Å². The number of nitrogens with zero attached hydrogens (tertiary/aromatic N) is 1. The van der Waals surface area contributed by atoms with Crippen LogP contribution in [0.25, 0.3) is 0 Å². The Labute approximate surface area is 122 Å². The second-order valence-electron chi connectivity index (χ2n) is 5.61. The first-order valence-electron chi connectivity index (χ1n) is 7.11. The maximum atomic E-state index is 13.0. The van der Waals surface area contributed by atoms with E-state index >= 15 is 0 Å². The molecule has 1 heterocycles. The molecule has 1 aliphatic rings. The third-order valence-corrected chi connectivity index (χ3v) is 4.27. The smallest absolute Gasteiger partial charge is 0.314 e. The lowest BCUT2D eigenvalue weighted by Gasteiger charge is -2.36. The van der Waals surface area contributed by atoms with Crippen LogP contribution in [0.15, 0.2) is 18.5 Å². The lowest BCUT2D eigenvalue weighted by atomic mass is 9.77. The largest absolute Gasteiger partial charge is 0.417 e. The van der Waals surface area contributed by atoms with E-state index in [-0.39, 0.29) is 17.5 Å². The first kappa shape index (κ1) is 15.9. The lowest BCUT2D eigenvalue weighted by molar-refractivity contribution is -0.138. The van der Waals surface area contributed by atoms with Gasteiger partial charge in [0.15, 0.2) is 5.78 Å². The molecule has 1 N–H and O–H groups in total. The van der Waals surface area contributed by atoms with Crippen LogP contribution in [0.4, 0.5) is 13.2 Å². The fourth-order valence-electron chi connectivity index (χ4n) is 3.01. The van der Waals surface area contributed by atoms with Crippen LogP contribution in [-0.2, 0) is 6.18 Å². The van der Waals surface area contributed by atoms with E-state index in [1.165, 1.54) is 0 Å². The topological polar surface area (TPSA) is 42.0 Å². The van der Waals surface area contributed by atoms with Crippen LogP contribution < -0.4 is 5.32 Å². The Hall–Kier alpha value is -1.43. The first-order valence-corrected chi connectivity index (χ1v) is 7.11. The summed E-state index contributed by atoms with van der Waals surface area (Å²) in [6, 6.07) is 0.861. The van der Waals surface area contributed by atoms with Crippen molar-refractivity contribution in [1.82, 2.24) is 10.3 Å². The molecule has 3 nitrogen and oxygen atoms in total. The quantitative estimate of drug-likeness (QED) is 0.864. The number of nitrogens with one attached hydrogen (secondary N) is 1. The number of carbonyl (C=O) groups excluding carboxylic acids is 1. The number of aromatic nitrogens is 1. The monoisotopic (exact) mass is 300 g/mol. The second kappa shape index (κ2) is 6.13. The number of ketones is 1. The fraction of sp³-hybridized carbons (Fsp3) is 0.600. The fourth-order valence-corrected chi connectivity index (χ4v) is 3.01. The molecule has 0 amide bonds. The first-order chi connectivity index (χ1) is 9.88. The van der Waals surface area contributed by atoms with Gasteiger partial charge in [-0.1, -0.05) is 19.3 Å². The van der Waals surface area contributed by atoms with E-state index in [0.717, 1.165) is 50.6 Å². The Morgan fingerprint density at radius 1 is 1.33 bits per heavy atom. The average molecular weight is 300 g/mol. The van der Waals surface area contributed by atoms with Gasteiger partial charge in [-0.3, -0.25) is 9.78 Å². The number of alkyl halides is 3. The minimum Gasteiger partial charge on any atom is -0.314 e. The molecular formula is C15H19F3N2O. The molecule has 1 saturated carbocycles. The van der Waals surface area contributed by atoms with E-state index in [4.69, 9.17) is 0 Å². The molecule has 1 aromatic rings. The average Bonchev–Trinajstić information content (AvgIpc) is 2.47. The summed E-state index contributed by atoms with van der Waals surface area (Å²) in [5, 5.41) is 3.15. The summed E-state index contributed by atoms with van der Waals surface area (Å²) in [5.74, 6) is -0.494. The third kappa shape index (κ3) is 3.61. The Bertz CT molecular complexity index is 508. The van der Waals surface area contributed by atoms with Crippen molar-refractivity contribution >= 4 is 5.78 Å². The molecule has 0 radical (unpaired) electrons. The molecular weight excluding hydrogens is 281 g/mol. The van der Waals surface area contributed by atoms with Crippen molar-refractivity contribution in [1.29, 1.82) is 0 Å². The summed E-state index contributed by atoms with van der Waals surface area (Å²) in [7, 11) is 1.77. The molecule has 1 fully saturated rings. The number of hydrogen-bond donors (Lipinski definition) is 1. The van der Waals surface area contributed by atoms with Crippen molar-refractivity contribution < 1.29 is 18.0 Å². The van der Waals surface area contributed by atoms with Crippen LogP contribution in [0.1, 0.15) is 54.4 Å². The highest BCUT2D eigenvalue weighted by Crippen LogP contribution is 2.35. The molecule has 21 heavy (non-hydrogen) atoms. The number of hydrogen-bond acceptors (Lipinski definition) is 3. The second-order valence-corrected chi connectivity index (χ2v) is 5.61. The van der Waals surface area contributed by atoms with Gasteiger partial charge in [-0.05, 0) is 26.0 Å². The van der Waals surface area contributed by atoms with Crippen molar-refractivity contribution in [2.45, 2.75) is 50.2 Å². The number of carbonyl (C=O) groups is 1. The molecule has 1 aromatic heterocycles. The van der Waals surface area contributed by atoms with Crippen molar-refractivity contribution in [2.24, 2.45) is 0 Å². The highest BCUT2D eigenvalue weighted by Gasteiger charge is 2.38. The standard InChI is InChI=1S/C15H19F3N2O/c1-19-14(6-3-2-4-7-14)9-13(21)11-10-20-8-5-12(11)15(16,17)18/h5,8,10,19H,2-4,6-7,9H2,1H3. The van der Waals surface area contributed by atoms with Gasteiger partial charge < -0.3 is 5.32 Å². The van der Waals surface area contributed by atoms with Crippen LogP contribution in [-0.4, -0.2) is 23.4 Å². The molecule has 0 spiro atoms. The molecule has 2 rings (SSSR count). The SMILES string of the molecule is CNC1(CC(=O)c2cnccc2C(F)(F)F)CCCCC1. The van der Waals surface area contributed by atoms with E-state index < -0.39 is 17.5 Å². The maximum Gasteiger partial charge on any atom is 0.417 e. The summed E-state index contributed by atoms with van der Waals surface area (Å²) in [6.45, 7) is 0. The zero-order valence-electron chi connectivity index (χ0n) is 12.0. The van der Waals surface area contributed by atoms with Gasteiger partial charge in [0.25, 0.3) is 0 Å². The van der Waals surface area contributed by atoms with Crippen LogP contribution in [0.3, 0.4) is 0 Å². The van der Waals surface area contributed by atoms with E-state index in [1.807, 2.05) is 0 Å². The van der Waals surface area contributed by atoms with Gasteiger partial charge in [0.05, 0.1) is 5.56 Å². The summed E-state index contributed by atoms with van der Waals surface area (Å²) < 4.78 is 38.9. The molecule has 0 bridgehead atoms. The Kier molecular flexibility index (Phi) is 4.66. The van der Waals surface area contributed by atoms with E-state index in [9.17, 15) is 18.0 Å². The van der Waals surface area contributed by atoms with Gasteiger partial charge in [0.1, 0.15) is 0 Å². The van der Waals surface area contributed by atoms with E-state index in [2.05, 4.69) is 10.3 Å². The van der Waals surface area contributed by atoms with E-state index in [1.54, 1.807) is 7.05 Å². The molecule has 116 valence electrons. The minimum atomic E-state index is -4.53. The number of rotatable bonds is 4. The minimum absolute atomic E-state index is 0.0816. The molecule has 0 aliphatic heterocycles. The lowest BCUT2D eigenvalue weighted by Crippen LogP contribution is -2.46. The van der Waals surface area contributed by atoms with Crippen LogP contribution >= 0.6 is 0 Å². The molecule has 0 saturated heterocycles. The number of Topliss-reactive ketones (excluding diaryl/α,β-unsaturated/α-hetero) is 1. The Balaban J connectivity index is 2.24. The summed E-state index contributed by atoms with van der Waals surface area (Å²) in [5.41, 5.74) is -1.61. The van der Waals surface area contributed by atoms with Crippen molar-refractivity contribution in [2.75, 3.05) is 7.05 Å². The van der Waals surface area contributed by atoms with Crippen molar-refractivity contribution in [3.05, 3.63) is 29.6 Å². The van der Waals surface area contributed by atoms with Gasteiger partial charge >= 0.3 is 6.18 Å². The zero-order valence-corrected chi connectivity index (χ0v) is 12.0. The predicted octanol–water partition coefficient (Wildman–Crippen LogP) is 3.60. The third-order valence-electron chi connectivity index (χ3n) is 4.27. The van der Waals surface area contributed by atoms with Crippen molar-refractivity contribution in [3.8, 4) is 0 Å². The van der Waals surface area contributed by atoms with Crippen molar-refractivity contribution in [3.63, 3.8) is 0 Å². The normalized spacial score (nSPS) is 18.5. The molecule has 0 atom stereocenters. The van der Waals surface area contributed by atoms with Gasteiger partial charge in [0.2, 0.25) is 0 Å². The summed E-state index contributed by atoms with van der Waals surface area (Å²) in [6.07, 6.45) is 2.36. The zero-order chi connectivity index (χ0) is 15.5. The molecule has 0 aromatic carbocycles. The number of pyridine rings is 1. The highest BCUT2D eigenvalue weighted by atomic mass is 19.4. The van der Waals surface area contributed by atoms with Gasteiger partial charge in [-0.2, -0.15) is 13.2 Å². The molecule has 0 unspecified atom stereocenters. The van der Waals surface area contributed by atoms with Crippen LogP contribution in [0.2, 0.25) is 0 Å². The maximum absolute atomic E-state index is 13.0. The van der Waals surface area contributed by atoms with E-state index in [0.29, 0.717) is 0 Å². The molecule has 1 aliphatic carbocycles. The predicted molar refractivity (Wildman–Crippen MR) is 73.1 cm³/mol. The number of halogens is 3. The summed E-state index contributed by atoms with van der Waals surface area (Å²) >= 11 is 0. The van der Waals surface area contributed by atoms with Gasteiger partial charge in [-0.15, -0.1) is 0 Å². The molecule has 6 heteroatoms. The summed E-state index contributed by atoms with van der Waals surface area (Å²) in [4.78, 5) is 16.0. The van der Waals surface area contributed by atoms with Crippen LogP contribution in [0, 0.1) is 0 Å². The van der Waals surface area contributed by atoms with Gasteiger partial charge in [-0.25, -0.2) is 0 Å². The van der Waals surface area contributed by atoms with Crippen LogP contribution in [0.5, 0.6) is 0 Å². The highest BCUT2D eigenvalue weighted by molar-refractivity contribution is 5.98.